The van der Waals surface area contributed by atoms with Crippen molar-refractivity contribution in [1.29, 1.82) is 0 Å². The van der Waals surface area contributed by atoms with Crippen molar-refractivity contribution in [3.05, 3.63) is 18.2 Å². The van der Waals surface area contributed by atoms with Crippen LogP contribution in [-0.2, 0) is 0 Å². The molecule has 0 saturated heterocycles. The van der Waals surface area contributed by atoms with Crippen molar-refractivity contribution < 1.29 is 0 Å². The molecule has 0 bridgehead atoms. The zero-order chi connectivity index (χ0) is 12.3. The van der Waals surface area contributed by atoms with Gasteiger partial charge in [0.25, 0.3) is 0 Å². The lowest BCUT2D eigenvalue weighted by atomic mass is 9.73. The van der Waals surface area contributed by atoms with Gasteiger partial charge in [-0.2, -0.15) is 0 Å². The van der Waals surface area contributed by atoms with E-state index in [9.17, 15) is 0 Å². The Morgan fingerprint density at radius 1 is 1.53 bits per heavy atom. The number of hydrogen-bond acceptors (Lipinski definition) is 2. The molecule has 96 valence electrons. The predicted molar refractivity (Wildman–Crippen MR) is 70.8 cm³/mol. The molecule has 1 aliphatic carbocycles. The summed E-state index contributed by atoms with van der Waals surface area (Å²) in [5, 5.41) is 3.80. The number of imidazole rings is 1. The Kier molecular flexibility index (Phi) is 3.87. The van der Waals surface area contributed by atoms with Gasteiger partial charge in [-0.15, -0.1) is 0 Å². The van der Waals surface area contributed by atoms with Gasteiger partial charge in [0, 0.05) is 18.4 Å². The van der Waals surface area contributed by atoms with E-state index in [-0.39, 0.29) is 0 Å². The first-order valence-electron chi connectivity index (χ1n) is 6.89. The summed E-state index contributed by atoms with van der Waals surface area (Å²) in [6, 6.07) is 0.985. The van der Waals surface area contributed by atoms with E-state index >= 15 is 0 Å². The molecule has 17 heavy (non-hydrogen) atoms. The van der Waals surface area contributed by atoms with Gasteiger partial charge in [-0.05, 0) is 24.7 Å². The molecule has 3 nitrogen and oxygen atoms in total. The highest BCUT2D eigenvalue weighted by atomic mass is 15.0. The number of aromatic amines is 1. The first-order valence-corrected chi connectivity index (χ1v) is 6.89. The normalized spacial score (nSPS) is 25.7. The number of rotatable bonds is 4. The molecule has 2 N–H and O–H groups in total. The molecule has 0 aromatic carbocycles. The fraction of sp³-hybridized carbons (Fsp3) is 0.786. The van der Waals surface area contributed by atoms with Gasteiger partial charge in [-0.3, -0.25) is 0 Å². The molecule has 1 aliphatic rings. The summed E-state index contributed by atoms with van der Waals surface area (Å²) in [4.78, 5) is 7.61. The summed E-state index contributed by atoms with van der Waals surface area (Å²) in [6.07, 6.45) is 10.2. The van der Waals surface area contributed by atoms with E-state index < -0.39 is 0 Å². The zero-order valence-corrected chi connectivity index (χ0v) is 11.3. The molecular formula is C14H25N3. The summed E-state index contributed by atoms with van der Waals surface area (Å²) < 4.78 is 0. The Morgan fingerprint density at radius 2 is 2.35 bits per heavy atom. The molecular weight excluding hydrogens is 210 g/mol. The molecule has 2 unspecified atom stereocenters. The van der Waals surface area contributed by atoms with Gasteiger partial charge >= 0.3 is 0 Å². The van der Waals surface area contributed by atoms with Crippen molar-refractivity contribution in [2.24, 2.45) is 5.41 Å². The minimum absolute atomic E-state index is 0.368. The number of nitrogens with zero attached hydrogens (tertiary/aromatic N) is 1. The number of H-pyrrole nitrogens is 1. The highest BCUT2D eigenvalue weighted by Gasteiger charge is 2.33. The molecule has 1 saturated carbocycles. The standard InChI is InChI=1S/C14H25N3/c1-4-11(13-15-9-10-16-13)17-12-7-5-6-8-14(12,2)3/h9-12,17H,4-8H2,1-3H3,(H,15,16). The average molecular weight is 235 g/mol. The Labute approximate surface area is 104 Å². The van der Waals surface area contributed by atoms with Crippen molar-refractivity contribution in [2.75, 3.05) is 0 Å². The summed E-state index contributed by atoms with van der Waals surface area (Å²) in [7, 11) is 0. The highest BCUT2D eigenvalue weighted by molar-refractivity contribution is 4.98. The summed E-state index contributed by atoms with van der Waals surface area (Å²) >= 11 is 0. The molecule has 0 spiro atoms. The largest absolute Gasteiger partial charge is 0.347 e. The van der Waals surface area contributed by atoms with Crippen molar-refractivity contribution in [1.82, 2.24) is 15.3 Å². The van der Waals surface area contributed by atoms with Crippen LogP contribution in [-0.4, -0.2) is 16.0 Å². The van der Waals surface area contributed by atoms with E-state index in [0.717, 1.165) is 12.2 Å². The molecule has 0 aliphatic heterocycles. The molecule has 1 heterocycles. The smallest absolute Gasteiger partial charge is 0.123 e. The van der Waals surface area contributed by atoms with E-state index in [1.54, 1.807) is 0 Å². The van der Waals surface area contributed by atoms with Gasteiger partial charge in [0.2, 0.25) is 0 Å². The van der Waals surface area contributed by atoms with Gasteiger partial charge < -0.3 is 10.3 Å². The predicted octanol–water partition coefficient (Wildman–Crippen LogP) is 3.42. The third-order valence-corrected chi connectivity index (χ3v) is 4.17. The fourth-order valence-electron chi connectivity index (χ4n) is 2.90. The Hall–Kier alpha value is -0.830. The molecule has 2 atom stereocenters. The Morgan fingerprint density at radius 3 is 2.94 bits per heavy atom. The summed E-state index contributed by atoms with van der Waals surface area (Å²) in [5.74, 6) is 1.08. The summed E-state index contributed by atoms with van der Waals surface area (Å²) in [6.45, 7) is 6.99. The second-order valence-electron chi connectivity index (χ2n) is 5.89. The maximum atomic E-state index is 4.38. The molecule has 2 rings (SSSR count). The van der Waals surface area contributed by atoms with Gasteiger partial charge in [-0.25, -0.2) is 4.98 Å². The fourth-order valence-corrected chi connectivity index (χ4v) is 2.90. The van der Waals surface area contributed by atoms with E-state index in [1.807, 2.05) is 12.4 Å². The van der Waals surface area contributed by atoms with Crippen LogP contribution in [0.5, 0.6) is 0 Å². The van der Waals surface area contributed by atoms with Crippen LogP contribution in [0.1, 0.15) is 64.7 Å². The van der Waals surface area contributed by atoms with Crippen LogP contribution in [0.15, 0.2) is 12.4 Å². The highest BCUT2D eigenvalue weighted by Crippen LogP contribution is 2.36. The molecule has 1 aromatic rings. The van der Waals surface area contributed by atoms with Crippen LogP contribution >= 0.6 is 0 Å². The van der Waals surface area contributed by atoms with Crippen LogP contribution < -0.4 is 5.32 Å². The van der Waals surface area contributed by atoms with Gasteiger partial charge in [-0.1, -0.05) is 33.6 Å². The third-order valence-electron chi connectivity index (χ3n) is 4.17. The monoisotopic (exact) mass is 235 g/mol. The lowest BCUT2D eigenvalue weighted by molar-refractivity contribution is 0.153. The van der Waals surface area contributed by atoms with Crippen molar-refractivity contribution in [3.63, 3.8) is 0 Å². The SMILES string of the molecule is CCC(NC1CCCCC1(C)C)c1ncc[nH]1. The topological polar surface area (TPSA) is 40.7 Å². The van der Waals surface area contributed by atoms with E-state index in [1.165, 1.54) is 25.7 Å². The maximum absolute atomic E-state index is 4.38. The van der Waals surface area contributed by atoms with E-state index in [2.05, 4.69) is 36.1 Å². The molecule has 0 amide bonds. The lowest BCUT2D eigenvalue weighted by Crippen LogP contribution is -2.45. The quantitative estimate of drug-likeness (QED) is 0.839. The van der Waals surface area contributed by atoms with Crippen LogP contribution in [0.4, 0.5) is 0 Å². The second kappa shape index (κ2) is 5.21. The molecule has 3 heteroatoms. The van der Waals surface area contributed by atoms with Crippen LogP contribution in [0.25, 0.3) is 0 Å². The average Bonchev–Trinajstić information content (AvgIpc) is 2.80. The first-order chi connectivity index (χ1) is 8.13. The third kappa shape index (κ3) is 2.89. The van der Waals surface area contributed by atoms with Crippen LogP contribution in [0.2, 0.25) is 0 Å². The van der Waals surface area contributed by atoms with Crippen molar-refractivity contribution in [2.45, 2.75) is 65.0 Å². The van der Waals surface area contributed by atoms with E-state index in [0.29, 0.717) is 17.5 Å². The zero-order valence-electron chi connectivity index (χ0n) is 11.3. The molecule has 1 fully saturated rings. The summed E-state index contributed by atoms with van der Waals surface area (Å²) in [5.41, 5.74) is 0.415. The second-order valence-corrected chi connectivity index (χ2v) is 5.89. The maximum Gasteiger partial charge on any atom is 0.123 e. The van der Waals surface area contributed by atoms with Gasteiger partial charge in [0.15, 0.2) is 0 Å². The molecule has 1 aromatic heterocycles. The Bertz CT molecular complexity index is 329. The minimum atomic E-state index is 0.368. The van der Waals surface area contributed by atoms with Crippen molar-refractivity contribution in [3.8, 4) is 0 Å². The van der Waals surface area contributed by atoms with Crippen LogP contribution in [0, 0.1) is 5.41 Å². The minimum Gasteiger partial charge on any atom is -0.347 e. The van der Waals surface area contributed by atoms with Crippen LogP contribution in [0.3, 0.4) is 0 Å². The van der Waals surface area contributed by atoms with Crippen molar-refractivity contribution >= 4 is 0 Å². The lowest BCUT2D eigenvalue weighted by Gasteiger charge is -2.41. The van der Waals surface area contributed by atoms with Gasteiger partial charge in [0.1, 0.15) is 5.82 Å². The number of aromatic nitrogens is 2. The Balaban J connectivity index is 2.03. The molecule has 0 radical (unpaired) electrons. The van der Waals surface area contributed by atoms with E-state index in [4.69, 9.17) is 0 Å². The number of hydrogen-bond donors (Lipinski definition) is 2. The van der Waals surface area contributed by atoms with Gasteiger partial charge in [0.05, 0.1) is 6.04 Å². The number of nitrogens with one attached hydrogen (secondary N) is 2. The first kappa shape index (κ1) is 12.6.